The summed E-state index contributed by atoms with van der Waals surface area (Å²) in [5.74, 6) is 5.49. The minimum absolute atomic E-state index is 0.0808. The first-order valence-electron chi connectivity index (χ1n) is 11.7. The summed E-state index contributed by atoms with van der Waals surface area (Å²) in [6.07, 6.45) is 18.4. The van der Waals surface area contributed by atoms with E-state index in [2.05, 4.69) is 25.2 Å². The molecule has 0 bridgehead atoms. The van der Waals surface area contributed by atoms with Crippen molar-refractivity contribution in [3.05, 3.63) is 23.8 Å². The summed E-state index contributed by atoms with van der Waals surface area (Å²) < 4.78 is 6.62. The molecule has 3 unspecified atom stereocenters. The fraction of sp³-hybridized carbons (Fsp3) is 0.800. The maximum absolute atomic E-state index is 12.2. The molecule has 2 spiro atoms. The van der Waals surface area contributed by atoms with E-state index >= 15 is 0 Å². The molecule has 8 atom stereocenters. The topological polar surface area (TPSA) is 26.3 Å². The molecule has 2 heteroatoms. The second-order valence-electron chi connectivity index (χ2n) is 11.1. The normalized spacial score (nSPS) is 55.7. The molecule has 7 rings (SSSR count). The van der Waals surface area contributed by atoms with E-state index in [9.17, 15) is 4.79 Å². The van der Waals surface area contributed by atoms with Crippen molar-refractivity contribution in [3.63, 3.8) is 0 Å². The van der Waals surface area contributed by atoms with Crippen molar-refractivity contribution >= 4 is 5.78 Å². The molecule has 2 nitrogen and oxygen atoms in total. The van der Waals surface area contributed by atoms with Crippen molar-refractivity contribution < 1.29 is 9.53 Å². The van der Waals surface area contributed by atoms with Gasteiger partial charge >= 0.3 is 0 Å². The summed E-state index contributed by atoms with van der Waals surface area (Å²) in [6.45, 7) is 3.29. The van der Waals surface area contributed by atoms with E-state index in [1.54, 1.807) is 5.57 Å². The lowest BCUT2D eigenvalue weighted by Crippen LogP contribution is -2.56. The first-order valence-corrected chi connectivity index (χ1v) is 11.7. The molecular formula is C25H32O2. The molecule has 0 saturated heterocycles. The Morgan fingerprint density at radius 1 is 1.15 bits per heavy atom. The predicted molar refractivity (Wildman–Crippen MR) is 104 cm³/mol. The Morgan fingerprint density at radius 3 is 2.78 bits per heavy atom. The largest absolute Gasteiger partial charge is 0.366 e. The number of fused-ring (bicyclic) bond motifs is 10. The molecule has 5 fully saturated rings. The van der Waals surface area contributed by atoms with Gasteiger partial charge in [0.05, 0.1) is 12.2 Å². The number of ether oxygens (including phenoxy) is 1. The Kier molecular flexibility index (Phi) is 2.84. The van der Waals surface area contributed by atoms with Crippen LogP contribution < -0.4 is 0 Å². The zero-order chi connectivity index (χ0) is 18.0. The molecule has 27 heavy (non-hydrogen) atoms. The molecule has 1 heterocycles. The van der Waals surface area contributed by atoms with Gasteiger partial charge in [0.25, 0.3) is 0 Å². The van der Waals surface area contributed by atoms with Gasteiger partial charge in [0.15, 0.2) is 5.78 Å². The fourth-order valence-electron chi connectivity index (χ4n) is 9.61. The van der Waals surface area contributed by atoms with Crippen LogP contribution in [0.4, 0.5) is 0 Å². The van der Waals surface area contributed by atoms with Crippen LogP contribution in [-0.4, -0.2) is 18.0 Å². The highest BCUT2D eigenvalue weighted by Crippen LogP contribution is 2.80. The van der Waals surface area contributed by atoms with Crippen molar-refractivity contribution in [1.29, 1.82) is 0 Å². The van der Waals surface area contributed by atoms with Gasteiger partial charge in [-0.15, -0.1) is 0 Å². The van der Waals surface area contributed by atoms with Gasteiger partial charge in [-0.2, -0.15) is 0 Å². The lowest BCUT2D eigenvalue weighted by atomic mass is 9.46. The molecule has 0 aromatic carbocycles. The van der Waals surface area contributed by atoms with Crippen molar-refractivity contribution in [2.24, 2.45) is 46.3 Å². The van der Waals surface area contributed by atoms with Crippen LogP contribution in [0.1, 0.15) is 64.7 Å². The average Bonchev–Trinajstić information content (AvgIpc) is 3.58. The zero-order valence-corrected chi connectivity index (χ0v) is 16.6. The smallest absolute Gasteiger partial charge is 0.155 e. The van der Waals surface area contributed by atoms with Crippen LogP contribution in [0.3, 0.4) is 0 Å². The maximum Gasteiger partial charge on any atom is 0.155 e. The van der Waals surface area contributed by atoms with E-state index in [0.29, 0.717) is 16.6 Å². The molecular weight excluding hydrogens is 332 g/mol. The first kappa shape index (κ1) is 16.0. The van der Waals surface area contributed by atoms with E-state index in [0.717, 1.165) is 55.0 Å². The monoisotopic (exact) mass is 364 g/mol. The van der Waals surface area contributed by atoms with E-state index in [1.807, 2.05) is 0 Å². The third-order valence-corrected chi connectivity index (χ3v) is 10.6. The third kappa shape index (κ3) is 1.69. The molecule has 0 radical (unpaired) electrons. The van der Waals surface area contributed by atoms with Gasteiger partial charge in [0.2, 0.25) is 0 Å². The summed E-state index contributed by atoms with van der Waals surface area (Å²) in [7, 11) is 0. The summed E-state index contributed by atoms with van der Waals surface area (Å²) in [6, 6.07) is 0. The van der Waals surface area contributed by atoms with Gasteiger partial charge in [0.1, 0.15) is 0 Å². The molecule has 144 valence electrons. The lowest BCUT2D eigenvalue weighted by molar-refractivity contribution is -0.146. The van der Waals surface area contributed by atoms with Crippen LogP contribution in [0.2, 0.25) is 0 Å². The summed E-state index contributed by atoms with van der Waals surface area (Å²) in [5.41, 5.74) is 2.53. The fourth-order valence-corrected chi connectivity index (χ4v) is 9.61. The lowest BCUT2D eigenvalue weighted by Gasteiger charge is -2.59. The quantitative estimate of drug-likeness (QED) is 0.606. The van der Waals surface area contributed by atoms with Crippen LogP contribution >= 0.6 is 0 Å². The average molecular weight is 365 g/mol. The number of carbonyl (C=O) groups is 1. The Labute approximate surface area is 162 Å². The van der Waals surface area contributed by atoms with E-state index < -0.39 is 0 Å². The highest BCUT2D eigenvalue weighted by Gasteiger charge is 2.78. The minimum Gasteiger partial charge on any atom is -0.366 e. The highest BCUT2D eigenvalue weighted by atomic mass is 16.5. The summed E-state index contributed by atoms with van der Waals surface area (Å²) in [5, 5.41) is 0. The number of ketones is 1. The zero-order valence-electron chi connectivity index (χ0n) is 16.6. The third-order valence-electron chi connectivity index (χ3n) is 10.6. The molecule has 0 N–H and O–H groups in total. The van der Waals surface area contributed by atoms with Crippen molar-refractivity contribution in [1.82, 2.24) is 0 Å². The molecule has 1 aliphatic heterocycles. The van der Waals surface area contributed by atoms with Gasteiger partial charge in [-0.05, 0) is 98.4 Å². The van der Waals surface area contributed by atoms with E-state index in [1.165, 1.54) is 44.9 Å². The molecule has 6 aliphatic carbocycles. The van der Waals surface area contributed by atoms with Crippen LogP contribution in [0.5, 0.6) is 0 Å². The van der Waals surface area contributed by atoms with Crippen molar-refractivity contribution in [2.45, 2.75) is 70.3 Å². The van der Waals surface area contributed by atoms with Gasteiger partial charge < -0.3 is 4.74 Å². The SMILES string of the molecule is CC[C@]12CCC3C(CC4(CC4)C4=CC(=O)CC[C@@H]43)C1[C@H]1C[C@H]1[C@@]21C=CCO1. The summed E-state index contributed by atoms with van der Waals surface area (Å²) in [4.78, 5) is 12.2. The minimum atomic E-state index is 0.0808. The van der Waals surface area contributed by atoms with Crippen LogP contribution in [-0.2, 0) is 9.53 Å². The molecule has 0 aromatic heterocycles. The van der Waals surface area contributed by atoms with Crippen molar-refractivity contribution in [3.8, 4) is 0 Å². The predicted octanol–water partition coefficient (Wildman–Crippen LogP) is 5.09. The second kappa shape index (κ2) is 4.81. The Balaban J connectivity index is 1.33. The maximum atomic E-state index is 12.2. The number of hydrogen-bond donors (Lipinski definition) is 0. The van der Waals surface area contributed by atoms with Gasteiger partial charge in [-0.3, -0.25) is 4.79 Å². The van der Waals surface area contributed by atoms with Gasteiger partial charge in [0, 0.05) is 11.8 Å². The van der Waals surface area contributed by atoms with Gasteiger partial charge in [-0.25, -0.2) is 0 Å². The second-order valence-corrected chi connectivity index (χ2v) is 11.1. The number of allylic oxidation sites excluding steroid dienone is 1. The van der Waals surface area contributed by atoms with Crippen LogP contribution in [0.25, 0.3) is 0 Å². The molecule has 7 aliphatic rings. The first-order chi connectivity index (χ1) is 13.1. The number of hydrogen-bond acceptors (Lipinski definition) is 2. The van der Waals surface area contributed by atoms with E-state index in [-0.39, 0.29) is 5.60 Å². The number of carbonyl (C=O) groups excluding carboxylic acids is 1. The van der Waals surface area contributed by atoms with E-state index in [4.69, 9.17) is 4.74 Å². The Bertz CT molecular complexity index is 788. The molecule has 0 aromatic rings. The Hall–Kier alpha value is -0.890. The summed E-state index contributed by atoms with van der Waals surface area (Å²) >= 11 is 0. The highest BCUT2D eigenvalue weighted by molar-refractivity contribution is 5.91. The Morgan fingerprint density at radius 2 is 2.04 bits per heavy atom. The van der Waals surface area contributed by atoms with Crippen molar-refractivity contribution in [2.75, 3.05) is 6.61 Å². The van der Waals surface area contributed by atoms with Crippen LogP contribution in [0, 0.1) is 46.3 Å². The number of rotatable bonds is 1. The standard InChI is InChI=1S/C25H32O2/c1-2-24-8-6-16-17-5-4-15(26)12-20(17)23(9-10-23)14-19(16)22(24)18-13-21(18)25(24)7-3-11-27-25/h3,7,12,16-19,21-22H,2,4-6,8-11,13-14H2,1H3/t16?,17-,18+,19?,21-,22?,24+,25+/m1/s1. The van der Waals surface area contributed by atoms with Crippen LogP contribution in [0.15, 0.2) is 23.8 Å². The molecule has 0 amide bonds. The van der Waals surface area contributed by atoms with Gasteiger partial charge in [-0.1, -0.05) is 24.6 Å². The molecule has 5 saturated carbocycles.